The van der Waals surface area contributed by atoms with Gasteiger partial charge in [0.15, 0.2) is 0 Å². The van der Waals surface area contributed by atoms with Crippen LogP contribution in [0, 0.1) is 10.1 Å². The maximum Gasteiger partial charge on any atom is 0.337 e. The van der Waals surface area contributed by atoms with Gasteiger partial charge >= 0.3 is 5.97 Å². The van der Waals surface area contributed by atoms with Crippen molar-refractivity contribution < 1.29 is 14.5 Å². The molecule has 0 radical (unpaired) electrons. The maximum absolute atomic E-state index is 11.6. The predicted octanol–water partition coefficient (Wildman–Crippen LogP) is 3.01. The lowest BCUT2D eigenvalue weighted by Crippen LogP contribution is -2.25. The predicted molar refractivity (Wildman–Crippen MR) is 77.2 cm³/mol. The molecule has 0 amide bonds. The molecule has 0 atom stereocenters. The number of nitro benzene ring substituents is 1. The van der Waals surface area contributed by atoms with Crippen LogP contribution in [-0.2, 0) is 4.74 Å². The van der Waals surface area contributed by atoms with E-state index in [2.05, 4.69) is 11.7 Å². The van der Waals surface area contributed by atoms with E-state index in [1.807, 2.05) is 11.8 Å². The Morgan fingerprint density at radius 1 is 1.40 bits per heavy atom. The van der Waals surface area contributed by atoms with Crippen LogP contribution in [0.2, 0.25) is 0 Å². The summed E-state index contributed by atoms with van der Waals surface area (Å²) >= 11 is 0. The number of rotatable bonds is 7. The molecule has 0 saturated heterocycles. The summed E-state index contributed by atoms with van der Waals surface area (Å²) in [6, 6.07) is 4.31. The van der Waals surface area contributed by atoms with Gasteiger partial charge in [-0.2, -0.15) is 0 Å². The van der Waals surface area contributed by atoms with Crippen LogP contribution < -0.4 is 4.90 Å². The van der Waals surface area contributed by atoms with Crippen molar-refractivity contribution in [2.75, 3.05) is 25.1 Å². The molecule has 0 bridgehead atoms. The number of carbonyl (C=O) groups is 1. The van der Waals surface area contributed by atoms with Crippen molar-refractivity contribution >= 4 is 17.3 Å². The smallest absolute Gasteiger partial charge is 0.337 e. The molecule has 0 aliphatic heterocycles. The van der Waals surface area contributed by atoms with Crippen molar-refractivity contribution in [2.24, 2.45) is 0 Å². The molecule has 1 aromatic carbocycles. The second kappa shape index (κ2) is 7.47. The van der Waals surface area contributed by atoms with Crippen molar-refractivity contribution in [1.29, 1.82) is 0 Å². The fourth-order valence-corrected chi connectivity index (χ4v) is 1.97. The molecule has 0 aliphatic carbocycles. The van der Waals surface area contributed by atoms with Gasteiger partial charge in [-0.3, -0.25) is 10.1 Å². The molecule has 0 spiro atoms. The summed E-state index contributed by atoms with van der Waals surface area (Å²) in [5.74, 6) is -0.493. The first-order valence-corrected chi connectivity index (χ1v) is 6.66. The summed E-state index contributed by atoms with van der Waals surface area (Å²) in [6.07, 6.45) is 1.94. The Morgan fingerprint density at radius 2 is 2.10 bits per heavy atom. The summed E-state index contributed by atoms with van der Waals surface area (Å²) < 4.78 is 4.66. The van der Waals surface area contributed by atoms with Gasteiger partial charge in [0.2, 0.25) is 0 Å². The highest BCUT2D eigenvalue weighted by Gasteiger charge is 2.20. The highest BCUT2D eigenvalue weighted by atomic mass is 16.6. The van der Waals surface area contributed by atoms with Crippen LogP contribution in [0.25, 0.3) is 0 Å². The summed E-state index contributed by atoms with van der Waals surface area (Å²) in [5, 5.41) is 11.1. The van der Waals surface area contributed by atoms with Gasteiger partial charge in [-0.25, -0.2) is 4.79 Å². The first-order chi connectivity index (χ1) is 9.54. The van der Waals surface area contributed by atoms with Crippen molar-refractivity contribution in [2.45, 2.75) is 26.7 Å². The number of nitrogens with zero attached hydrogens (tertiary/aromatic N) is 2. The summed E-state index contributed by atoms with van der Waals surface area (Å²) in [6.45, 7) is 5.36. The zero-order chi connectivity index (χ0) is 15.1. The van der Waals surface area contributed by atoms with Crippen LogP contribution in [0.5, 0.6) is 0 Å². The van der Waals surface area contributed by atoms with E-state index in [0.717, 1.165) is 19.4 Å². The van der Waals surface area contributed by atoms with E-state index in [1.165, 1.54) is 25.3 Å². The first kappa shape index (κ1) is 15.9. The standard InChI is InChI=1S/C14H20N2O4/c1-4-6-9-15(5-2)13-10-11(14(17)20-3)7-8-12(13)16(18)19/h7-8,10H,4-6,9H2,1-3H3. The van der Waals surface area contributed by atoms with Crippen LogP contribution in [0.1, 0.15) is 37.0 Å². The van der Waals surface area contributed by atoms with Crippen molar-refractivity contribution in [3.8, 4) is 0 Å². The quantitative estimate of drug-likeness (QED) is 0.436. The van der Waals surface area contributed by atoms with Crippen LogP contribution in [0.3, 0.4) is 0 Å². The number of ether oxygens (including phenoxy) is 1. The number of hydrogen-bond donors (Lipinski definition) is 0. The number of hydrogen-bond acceptors (Lipinski definition) is 5. The third-order valence-corrected chi connectivity index (χ3v) is 3.10. The van der Waals surface area contributed by atoms with Gasteiger partial charge < -0.3 is 9.64 Å². The Labute approximate surface area is 118 Å². The lowest BCUT2D eigenvalue weighted by Gasteiger charge is -2.23. The Hall–Kier alpha value is -2.11. The highest BCUT2D eigenvalue weighted by molar-refractivity contribution is 5.91. The number of anilines is 1. The summed E-state index contributed by atoms with van der Waals surface area (Å²) in [4.78, 5) is 24.2. The summed E-state index contributed by atoms with van der Waals surface area (Å²) in [5.41, 5.74) is 0.799. The van der Waals surface area contributed by atoms with Gasteiger partial charge in [0.1, 0.15) is 5.69 Å². The molecule has 0 N–H and O–H groups in total. The number of carbonyl (C=O) groups excluding carboxylic acids is 1. The zero-order valence-corrected chi connectivity index (χ0v) is 12.1. The van der Waals surface area contributed by atoms with E-state index in [0.29, 0.717) is 17.8 Å². The van der Waals surface area contributed by atoms with Crippen LogP contribution in [-0.4, -0.2) is 31.1 Å². The minimum atomic E-state index is -0.493. The lowest BCUT2D eigenvalue weighted by atomic mass is 10.1. The third-order valence-electron chi connectivity index (χ3n) is 3.10. The van der Waals surface area contributed by atoms with Gasteiger partial charge in [-0.15, -0.1) is 0 Å². The van der Waals surface area contributed by atoms with Gasteiger partial charge in [0.25, 0.3) is 5.69 Å². The van der Waals surface area contributed by atoms with Gasteiger partial charge in [-0.1, -0.05) is 13.3 Å². The normalized spacial score (nSPS) is 10.2. The number of nitro groups is 1. The molecule has 6 heteroatoms. The number of methoxy groups -OCH3 is 1. The number of unbranched alkanes of at least 4 members (excludes halogenated alkanes) is 1. The fourth-order valence-electron chi connectivity index (χ4n) is 1.97. The maximum atomic E-state index is 11.6. The van der Waals surface area contributed by atoms with Crippen molar-refractivity contribution in [1.82, 2.24) is 0 Å². The van der Waals surface area contributed by atoms with E-state index < -0.39 is 10.9 Å². The minimum absolute atomic E-state index is 0.00982. The molecule has 0 aromatic heterocycles. The molecule has 0 aliphatic rings. The highest BCUT2D eigenvalue weighted by Crippen LogP contribution is 2.29. The Morgan fingerprint density at radius 3 is 2.60 bits per heavy atom. The molecule has 110 valence electrons. The average molecular weight is 280 g/mol. The second-order valence-electron chi connectivity index (χ2n) is 4.39. The molecule has 0 saturated carbocycles. The Bertz CT molecular complexity index is 488. The van der Waals surface area contributed by atoms with E-state index in [-0.39, 0.29) is 5.69 Å². The molecule has 0 fully saturated rings. The van der Waals surface area contributed by atoms with Gasteiger partial charge in [-0.05, 0) is 25.5 Å². The molecular formula is C14H20N2O4. The SMILES string of the molecule is CCCCN(CC)c1cc(C(=O)OC)ccc1[N+](=O)[O-]. The lowest BCUT2D eigenvalue weighted by molar-refractivity contribution is -0.384. The largest absolute Gasteiger partial charge is 0.465 e. The van der Waals surface area contributed by atoms with Gasteiger partial charge in [0, 0.05) is 19.2 Å². The second-order valence-corrected chi connectivity index (χ2v) is 4.39. The van der Waals surface area contributed by atoms with E-state index >= 15 is 0 Å². The molecule has 20 heavy (non-hydrogen) atoms. The molecule has 0 unspecified atom stereocenters. The molecule has 0 heterocycles. The monoisotopic (exact) mass is 280 g/mol. The Balaban J connectivity index is 3.22. The van der Waals surface area contributed by atoms with E-state index in [1.54, 1.807) is 0 Å². The van der Waals surface area contributed by atoms with Crippen LogP contribution in [0.4, 0.5) is 11.4 Å². The molecule has 1 aromatic rings. The zero-order valence-electron chi connectivity index (χ0n) is 12.1. The summed E-state index contributed by atoms with van der Waals surface area (Å²) in [7, 11) is 1.29. The van der Waals surface area contributed by atoms with Crippen molar-refractivity contribution in [3.63, 3.8) is 0 Å². The van der Waals surface area contributed by atoms with Crippen molar-refractivity contribution in [3.05, 3.63) is 33.9 Å². The van der Waals surface area contributed by atoms with Crippen LogP contribution >= 0.6 is 0 Å². The minimum Gasteiger partial charge on any atom is -0.465 e. The number of benzene rings is 1. The first-order valence-electron chi connectivity index (χ1n) is 6.66. The molecule has 1 rings (SSSR count). The fraction of sp³-hybridized carbons (Fsp3) is 0.500. The van der Waals surface area contributed by atoms with Gasteiger partial charge in [0.05, 0.1) is 17.6 Å². The van der Waals surface area contributed by atoms with Crippen LogP contribution in [0.15, 0.2) is 18.2 Å². The topological polar surface area (TPSA) is 72.7 Å². The third kappa shape index (κ3) is 3.69. The molecule has 6 nitrogen and oxygen atoms in total. The molecular weight excluding hydrogens is 260 g/mol. The number of esters is 1. The Kier molecular flexibility index (Phi) is 5.96. The van der Waals surface area contributed by atoms with E-state index in [9.17, 15) is 14.9 Å². The average Bonchev–Trinajstić information content (AvgIpc) is 2.46. The van der Waals surface area contributed by atoms with E-state index in [4.69, 9.17) is 0 Å².